The fraction of sp³-hybridized carbons (Fsp3) is 0.467. The zero-order valence-corrected chi connectivity index (χ0v) is 15.9. The smallest absolute Gasteiger partial charge is 0.240 e. The lowest BCUT2D eigenvalue weighted by molar-refractivity contribution is 0.118. The maximum Gasteiger partial charge on any atom is 0.240 e. The molecule has 2 N–H and O–H groups in total. The third-order valence-corrected chi connectivity index (χ3v) is 4.31. The topological polar surface area (TPSA) is 71.4 Å². The first-order valence-corrected chi connectivity index (χ1v) is 7.92. The van der Waals surface area contributed by atoms with E-state index >= 15 is 0 Å². The summed E-state index contributed by atoms with van der Waals surface area (Å²) < 4.78 is 18.8. The highest BCUT2D eigenvalue weighted by molar-refractivity contribution is 6.31. The van der Waals surface area contributed by atoms with E-state index in [4.69, 9.17) is 21.9 Å². The fourth-order valence-corrected chi connectivity index (χ4v) is 2.87. The first-order valence-electron chi connectivity index (χ1n) is 7.55. The van der Waals surface area contributed by atoms with E-state index < -0.39 is 0 Å². The lowest BCUT2D eigenvalue weighted by Gasteiger charge is -2.34. The Morgan fingerprint density at radius 2 is 1.76 bits per heavy atom. The second-order valence-electron chi connectivity index (χ2n) is 5.56. The minimum Gasteiger partial charge on any atom is -0.338 e. The van der Waals surface area contributed by atoms with Crippen molar-refractivity contribution in [1.29, 1.82) is 0 Å². The van der Waals surface area contributed by atoms with E-state index in [0.717, 1.165) is 26.2 Å². The lowest BCUT2D eigenvalue weighted by atomic mass is 10.2. The Morgan fingerprint density at radius 3 is 2.32 bits per heavy atom. The molecule has 0 aliphatic carbocycles. The lowest BCUT2D eigenvalue weighted by Crippen LogP contribution is -2.45. The molecule has 25 heavy (non-hydrogen) atoms. The standard InChI is InChI=1S/C15H19ClFN5O.2ClH/c16-12-2-1-3-13(17)11(12)9-21-4-6-22(7-5-21)10-14-19-15(8-18)23-20-14;;/h1-3H,4-10,18H2;2*1H. The molecule has 2 aromatic rings. The van der Waals surface area contributed by atoms with Crippen LogP contribution in [0.25, 0.3) is 0 Å². The van der Waals surface area contributed by atoms with Crippen molar-refractivity contribution in [2.75, 3.05) is 26.2 Å². The van der Waals surface area contributed by atoms with Gasteiger partial charge < -0.3 is 10.3 Å². The first-order chi connectivity index (χ1) is 11.2. The van der Waals surface area contributed by atoms with Crippen LogP contribution in [0.15, 0.2) is 22.7 Å². The summed E-state index contributed by atoms with van der Waals surface area (Å²) in [5.41, 5.74) is 6.02. The van der Waals surface area contributed by atoms with Gasteiger partial charge in [-0.1, -0.05) is 22.8 Å². The van der Waals surface area contributed by atoms with Crippen LogP contribution in [0.3, 0.4) is 0 Å². The molecule has 10 heteroatoms. The van der Waals surface area contributed by atoms with E-state index in [0.29, 0.717) is 35.4 Å². The summed E-state index contributed by atoms with van der Waals surface area (Å²) in [6, 6.07) is 4.80. The highest BCUT2D eigenvalue weighted by Crippen LogP contribution is 2.21. The van der Waals surface area contributed by atoms with Gasteiger partial charge in [0.15, 0.2) is 5.82 Å². The van der Waals surface area contributed by atoms with Gasteiger partial charge in [-0.25, -0.2) is 4.39 Å². The van der Waals surface area contributed by atoms with Crippen molar-refractivity contribution < 1.29 is 8.91 Å². The average molecular weight is 413 g/mol. The quantitative estimate of drug-likeness (QED) is 0.813. The molecule has 1 aliphatic rings. The SMILES string of the molecule is Cl.Cl.NCc1nc(CN2CCN(Cc3c(F)cccc3Cl)CC2)no1. The fourth-order valence-electron chi connectivity index (χ4n) is 2.65. The normalized spacial score (nSPS) is 15.5. The molecular weight excluding hydrogens is 392 g/mol. The van der Waals surface area contributed by atoms with Gasteiger partial charge in [-0.05, 0) is 12.1 Å². The summed E-state index contributed by atoms with van der Waals surface area (Å²) in [5, 5.41) is 4.38. The average Bonchev–Trinajstić information content (AvgIpc) is 3.00. The second-order valence-corrected chi connectivity index (χ2v) is 5.97. The van der Waals surface area contributed by atoms with Crippen molar-refractivity contribution in [2.45, 2.75) is 19.6 Å². The monoisotopic (exact) mass is 411 g/mol. The molecule has 1 aliphatic heterocycles. The Balaban J connectivity index is 0.00000156. The number of benzene rings is 1. The zero-order valence-electron chi connectivity index (χ0n) is 13.5. The van der Waals surface area contributed by atoms with Crippen LogP contribution in [0.5, 0.6) is 0 Å². The summed E-state index contributed by atoms with van der Waals surface area (Å²) in [5.74, 6) is 0.852. The van der Waals surface area contributed by atoms with Gasteiger partial charge in [0.05, 0.1) is 13.1 Å². The largest absolute Gasteiger partial charge is 0.338 e. The summed E-state index contributed by atoms with van der Waals surface area (Å²) >= 11 is 6.09. The summed E-state index contributed by atoms with van der Waals surface area (Å²) in [6.45, 7) is 4.82. The van der Waals surface area contributed by atoms with Crippen molar-refractivity contribution in [1.82, 2.24) is 19.9 Å². The highest BCUT2D eigenvalue weighted by Gasteiger charge is 2.20. The predicted molar refractivity (Wildman–Crippen MR) is 98.6 cm³/mol. The Bertz CT molecular complexity index is 644. The van der Waals surface area contributed by atoms with Crippen LogP contribution in [0.4, 0.5) is 4.39 Å². The number of halogens is 4. The highest BCUT2D eigenvalue weighted by atomic mass is 35.5. The van der Waals surface area contributed by atoms with Gasteiger partial charge in [-0.2, -0.15) is 4.98 Å². The third kappa shape index (κ3) is 5.77. The predicted octanol–water partition coefficient (Wildman–Crippen LogP) is 2.48. The first kappa shape index (κ1) is 22.1. The second kappa shape index (κ2) is 10.3. The molecule has 0 atom stereocenters. The van der Waals surface area contributed by atoms with Crippen LogP contribution in [-0.4, -0.2) is 46.1 Å². The van der Waals surface area contributed by atoms with Crippen molar-refractivity contribution in [3.8, 4) is 0 Å². The maximum atomic E-state index is 13.8. The number of aromatic nitrogens is 2. The molecule has 0 amide bonds. The van der Waals surface area contributed by atoms with Crippen LogP contribution < -0.4 is 5.73 Å². The molecule has 140 valence electrons. The molecule has 0 saturated carbocycles. The number of nitrogens with two attached hydrogens (primary N) is 1. The van der Waals surface area contributed by atoms with Crippen LogP contribution in [0.2, 0.25) is 5.02 Å². The minimum atomic E-state index is -0.249. The van der Waals surface area contributed by atoms with Gasteiger partial charge in [-0.15, -0.1) is 24.8 Å². The molecule has 1 saturated heterocycles. The Kier molecular flexibility index (Phi) is 9.06. The molecule has 0 radical (unpaired) electrons. The van der Waals surface area contributed by atoms with E-state index in [2.05, 4.69) is 19.9 Å². The Hall–Kier alpha value is -0.960. The third-order valence-electron chi connectivity index (χ3n) is 3.96. The summed E-state index contributed by atoms with van der Waals surface area (Å²) in [6.07, 6.45) is 0. The van der Waals surface area contributed by atoms with Crippen molar-refractivity contribution in [3.63, 3.8) is 0 Å². The molecule has 1 aromatic carbocycles. The van der Waals surface area contributed by atoms with E-state index in [-0.39, 0.29) is 37.2 Å². The van der Waals surface area contributed by atoms with Gasteiger partial charge in [0, 0.05) is 43.3 Å². The van der Waals surface area contributed by atoms with Crippen molar-refractivity contribution in [3.05, 3.63) is 46.3 Å². The molecule has 3 rings (SSSR count). The molecule has 0 bridgehead atoms. The van der Waals surface area contributed by atoms with Crippen LogP contribution >= 0.6 is 36.4 Å². The number of hydrogen-bond donors (Lipinski definition) is 1. The van der Waals surface area contributed by atoms with Gasteiger partial charge >= 0.3 is 0 Å². The van der Waals surface area contributed by atoms with E-state index in [1.54, 1.807) is 12.1 Å². The van der Waals surface area contributed by atoms with Gasteiger partial charge in [0.2, 0.25) is 5.89 Å². The number of rotatable bonds is 5. The van der Waals surface area contributed by atoms with E-state index in [9.17, 15) is 4.39 Å². The van der Waals surface area contributed by atoms with Gasteiger partial charge in [-0.3, -0.25) is 9.80 Å². The Morgan fingerprint density at radius 1 is 1.12 bits per heavy atom. The van der Waals surface area contributed by atoms with E-state index in [1.807, 2.05) is 0 Å². The zero-order chi connectivity index (χ0) is 16.2. The van der Waals surface area contributed by atoms with Crippen LogP contribution in [0, 0.1) is 5.82 Å². The van der Waals surface area contributed by atoms with Gasteiger partial charge in [0.1, 0.15) is 5.82 Å². The number of piperazine rings is 1. The summed E-state index contributed by atoms with van der Waals surface area (Å²) in [7, 11) is 0. The molecule has 0 spiro atoms. The van der Waals surface area contributed by atoms with Crippen LogP contribution in [-0.2, 0) is 19.6 Å². The van der Waals surface area contributed by atoms with Crippen molar-refractivity contribution >= 4 is 36.4 Å². The molecule has 2 heterocycles. The minimum absolute atomic E-state index is 0. The van der Waals surface area contributed by atoms with Gasteiger partial charge in [0.25, 0.3) is 0 Å². The van der Waals surface area contributed by atoms with E-state index in [1.165, 1.54) is 6.07 Å². The molecule has 6 nitrogen and oxygen atoms in total. The van der Waals surface area contributed by atoms with Crippen LogP contribution in [0.1, 0.15) is 17.3 Å². The summed E-state index contributed by atoms with van der Waals surface area (Å²) in [4.78, 5) is 8.65. The molecular formula is C15H21Cl3FN5O. The number of nitrogens with zero attached hydrogens (tertiary/aromatic N) is 4. The van der Waals surface area contributed by atoms with Crippen molar-refractivity contribution in [2.24, 2.45) is 5.73 Å². The Labute approximate surface area is 163 Å². The maximum absolute atomic E-state index is 13.8. The molecule has 0 unspecified atom stereocenters. The molecule has 1 aromatic heterocycles. The molecule has 1 fully saturated rings. The number of hydrogen-bond acceptors (Lipinski definition) is 6.